The highest BCUT2D eigenvalue weighted by Gasteiger charge is 1.93. The SMILES string of the molecule is ClCCCCSc1cccs1. The van der Waals surface area contributed by atoms with Crippen LogP contribution in [0, 0.1) is 0 Å². The van der Waals surface area contributed by atoms with Gasteiger partial charge in [-0.15, -0.1) is 34.7 Å². The lowest BCUT2D eigenvalue weighted by atomic mass is 10.4. The van der Waals surface area contributed by atoms with Gasteiger partial charge in [0, 0.05) is 5.88 Å². The molecule has 62 valence electrons. The lowest BCUT2D eigenvalue weighted by molar-refractivity contribution is 0.903. The Morgan fingerprint density at radius 1 is 1.45 bits per heavy atom. The van der Waals surface area contributed by atoms with Gasteiger partial charge in [-0.05, 0) is 30.0 Å². The number of thioether (sulfide) groups is 1. The summed E-state index contributed by atoms with van der Waals surface area (Å²) in [5.74, 6) is 2.00. The summed E-state index contributed by atoms with van der Waals surface area (Å²) in [4.78, 5) is 0. The number of alkyl halides is 1. The van der Waals surface area contributed by atoms with E-state index in [1.807, 2.05) is 23.1 Å². The molecule has 0 aromatic carbocycles. The van der Waals surface area contributed by atoms with Gasteiger partial charge in [0.2, 0.25) is 0 Å². The van der Waals surface area contributed by atoms with E-state index in [-0.39, 0.29) is 0 Å². The van der Waals surface area contributed by atoms with Crippen molar-refractivity contribution in [2.45, 2.75) is 17.1 Å². The quantitative estimate of drug-likeness (QED) is 0.401. The molecule has 0 unspecified atom stereocenters. The zero-order valence-corrected chi connectivity index (χ0v) is 8.64. The highest BCUT2D eigenvalue weighted by atomic mass is 35.5. The summed E-state index contributed by atoms with van der Waals surface area (Å²) in [5.41, 5.74) is 0. The van der Waals surface area contributed by atoms with Crippen LogP contribution < -0.4 is 0 Å². The molecule has 0 atom stereocenters. The van der Waals surface area contributed by atoms with Gasteiger partial charge in [-0.1, -0.05) is 6.07 Å². The predicted octanol–water partition coefficient (Wildman–Crippen LogP) is 3.86. The second-order valence-electron chi connectivity index (χ2n) is 2.18. The second-order valence-corrected chi connectivity index (χ2v) is 4.90. The third-order valence-corrected chi connectivity index (χ3v) is 3.75. The Balaban J connectivity index is 2.04. The maximum absolute atomic E-state index is 5.56. The molecule has 0 nitrogen and oxygen atoms in total. The molecule has 0 bridgehead atoms. The Labute approximate surface area is 81.0 Å². The zero-order chi connectivity index (χ0) is 7.94. The zero-order valence-electron chi connectivity index (χ0n) is 6.25. The van der Waals surface area contributed by atoms with Crippen LogP contribution in [0.5, 0.6) is 0 Å². The normalized spacial score (nSPS) is 10.3. The monoisotopic (exact) mass is 206 g/mol. The molecule has 0 radical (unpaired) electrons. The van der Waals surface area contributed by atoms with Gasteiger partial charge < -0.3 is 0 Å². The Kier molecular flexibility index (Phi) is 5.08. The first-order valence-electron chi connectivity index (χ1n) is 3.66. The smallest absolute Gasteiger partial charge is 0.0598 e. The van der Waals surface area contributed by atoms with Crippen LogP contribution in [0.1, 0.15) is 12.8 Å². The third kappa shape index (κ3) is 4.04. The second kappa shape index (κ2) is 5.92. The molecule has 0 amide bonds. The molecule has 3 heteroatoms. The maximum atomic E-state index is 5.56. The third-order valence-electron chi connectivity index (χ3n) is 1.27. The van der Waals surface area contributed by atoms with Gasteiger partial charge in [-0.3, -0.25) is 0 Å². The van der Waals surface area contributed by atoms with Gasteiger partial charge in [0.05, 0.1) is 4.21 Å². The molecule has 0 aliphatic rings. The Hall–Kier alpha value is 0.340. The summed E-state index contributed by atoms with van der Waals surface area (Å²) < 4.78 is 1.42. The molecule has 0 aliphatic carbocycles. The van der Waals surface area contributed by atoms with E-state index in [1.54, 1.807) is 0 Å². The van der Waals surface area contributed by atoms with Crippen molar-refractivity contribution in [2.75, 3.05) is 11.6 Å². The molecule has 0 saturated heterocycles. The fraction of sp³-hybridized carbons (Fsp3) is 0.500. The number of hydrogen-bond acceptors (Lipinski definition) is 2. The molecule has 1 aromatic rings. The number of rotatable bonds is 5. The molecular weight excluding hydrogens is 196 g/mol. The molecular formula is C8H11ClS2. The molecule has 11 heavy (non-hydrogen) atoms. The van der Waals surface area contributed by atoms with E-state index in [1.165, 1.54) is 16.4 Å². The average Bonchev–Trinajstić information content (AvgIpc) is 2.50. The van der Waals surface area contributed by atoms with Crippen LogP contribution >= 0.6 is 34.7 Å². The minimum absolute atomic E-state index is 0.797. The van der Waals surface area contributed by atoms with Crippen molar-refractivity contribution in [1.29, 1.82) is 0 Å². The summed E-state index contributed by atoms with van der Waals surface area (Å²) in [6, 6.07) is 4.25. The van der Waals surface area contributed by atoms with E-state index in [2.05, 4.69) is 17.5 Å². The van der Waals surface area contributed by atoms with Gasteiger partial charge >= 0.3 is 0 Å². The summed E-state index contributed by atoms with van der Waals surface area (Å²) in [6.45, 7) is 0. The number of halogens is 1. The highest BCUT2D eigenvalue weighted by molar-refractivity contribution is 8.01. The minimum Gasteiger partial charge on any atom is -0.137 e. The minimum atomic E-state index is 0.797. The topological polar surface area (TPSA) is 0 Å². The molecule has 1 aromatic heterocycles. The number of thiophene rings is 1. The lowest BCUT2D eigenvalue weighted by Crippen LogP contribution is -1.79. The molecule has 0 spiro atoms. The predicted molar refractivity (Wildman–Crippen MR) is 55.0 cm³/mol. The van der Waals surface area contributed by atoms with Crippen LogP contribution in [0.25, 0.3) is 0 Å². The van der Waals surface area contributed by atoms with Crippen LogP contribution in [-0.2, 0) is 0 Å². The van der Waals surface area contributed by atoms with Crippen molar-refractivity contribution in [3.8, 4) is 0 Å². The van der Waals surface area contributed by atoms with Crippen molar-refractivity contribution in [3.05, 3.63) is 17.5 Å². The molecule has 0 N–H and O–H groups in total. The first-order chi connectivity index (χ1) is 5.43. The summed E-state index contributed by atoms with van der Waals surface area (Å²) in [6.07, 6.45) is 2.37. The van der Waals surface area contributed by atoms with E-state index in [4.69, 9.17) is 11.6 Å². The summed E-state index contributed by atoms with van der Waals surface area (Å²) in [5, 5.41) is 2.11. The first-order valence-corrected chi connectivity index (χ1v) is 6.06. The van der Waals surface area contributed by atoms with E-state index in [0.29, 0.717) is 0 Å². The Morgan fingerprint density at radius 2 is 2.36 bits per heavy atom. The number of unbranched alkanes of at least 4 members (excludes halogenated alkanes) is 1. The number of hydrogen-bond donors (Lipinski definition) is 0. The van der Waals surface area contributed by atoms with Crippen LogP contribution in [0.4, 0.5) is 0 Å². The van der Waals surface area contributed by atoms with Gasteiger partial charge in [0.1, 0.15) is 0 Å². The standard InChI is InChI=1S/C8H11ClS2/c9-5-1-2-6-10-8-4-3-7-11-8/h3-4,7H,1-2,5-6H2. The van der Waals surface area contributed by atoms with E-state index < -0.39 is 0 Å². The fourth-order valence-electron chi connectivity index (χ4n) is 0.715. The Bertz CT molecular complexity index is 172. The largest absolute Gasteiger partial charge is 0.137 e. The first kappa shape index (κ1) is 9.43. The van der Waals surface area contributed by atoms with Crippen molar-refractivity contribution in [2.24, 2.45) is 0 Å². The average molecular weight is 207 g/mol. The fourth-order valence-corrected chi connectivity index (χ4v) is 2.77. The van der Waals surface area contributed by atoms with Gasteiger partial charge in [-0.25, -0.2) is 0 Å². The van der Waals surface area contributed by atoms with Crippen LogP contribution in [0.15, 0.2) is 21.7 Å². The van der Waals surface area contributed by atoms with Crippen LogP contribution in [-0.4, -0.2) is 11.6 Å². The van der Waals surface area contributed by atoms with E-state index in [9.17, 15) is 0 Å². The highest BCUT2D eigenvalue weighted by Crippen LogP contribution is 2.24. The van der Waals surface area contributed by atoms with E-state index in [0.717, 1.165) is 12.3 Å². The lowest BCUT2D eigenvalue weighted by Gasteiger charge is -1.95. The van der Waals surface area contributed by atoms with Crippen molar-refractivity contribution >= 4 is 34.7 Å². The van der Waals surface area contributed by atoms with Gasteiger partial charge in [0.25, 0.3) is 0 Å². The molecule has 1 heterocycles. The van der Waals surface area contributed by atoms with Crippen LogP contribution in [0.2, 0.25) is 0 Å². The van der Waals surface area contributed by atoms with Crippen molar-refractivity contribution < 1.29 is 0 Å². The van der Waals surface area contributed by atoms with Gasteiger partial charge in [0.15, 0.2) is 0 Å². The molecule has 0 saturated carbocycles. The molecule has 0 fully saturated rings. The van der Waals surface area contributed by atoms with Crippen LogP contribution in [0.3, 0.4) is 0 Å². The van der Waals surface area contributed by atoms with Crippen molar-refractivity contribution in [3.63, 3.8) is 0 Å². The maximum Gasteiger partial charge on any atom is 0.0598 e. The summed E-state index contributed by atoms with van der Waals surface area (Å²) >= 11 is 9.29. The molecule has 1 rings (SSSR count). The van der Waals surface area contributed by atoms with Crippen molar-refractivity contribution in [1.82, 2.24) is 0 Å². The Morgan fingerprint density at radius 3 is 3.00 bits per heavy atom. The van der Waals surface area contributed by atoms with E-state index >= 15 is 0 Å². The van der Waals surface area contributed by atoms with Gasteiger partial charge in [-0.2, -0.15) is 0 Å². The summed E-state index contributed by atoms with van der Waals surface area (Å²) in [7, 11) is 0. The molecule has 0 aliphatic heterocycles.